The third kappa shape index (κ3) is 2.67. The number of rotatable bonds is 2. The van der Waals surface area contributed by atoms with E-state index in [1.54, 1.807) is 0 Å². The van der Waals surface area contributed by atoms with Crippen LogP contribution < -0.4 is 0 Å². The van der Waals surface area contributed by atoms with Crippen LogP contribution in [-0.2, 0) is 0 Å². The smallest absolute Gasteiger partial charge is 0.00610 e. The van der Waals surface area contributed by atoms with Crippen molar-refractivity contribution in [3.05, 3.63) is 71.8 Å². The van der Waals surface area contributed by atoms with Crippen molar-refractivity contribution >= 4 is 0 Å². The van der Waals surface area contributed by atoms with E-state index in [-0.39, 0.29) is 5.48 Å². The van der Waals surface area contributed by atoms with Crippen LogP contribution in [0.5, 0.6) is 0 Å². The summed E-state index contributed by atoms with van der Waals surface area (Å²) in [6, 6.07) is 21.2. The van der Waals surface area contributed by atoms with Crippen LogP contribution in [-0.4, -0.2) is 5.48 Å². The second kappa shape index (κ2) is 5.32. The molecule has 2 rings (SSSR count). The van der Waals surface area contributed by atoms with Gasteiger partial charge in [-0.2, -0.15) is 0 Å². The molecule has 2 aromatic rings. The molecule has 1 nitrogen and oxygen atoms in total. The monoisotopic (exact) mass is 200 g/mol. The average Bonchev–Trinajstić information content (AvgIpc) is 2.30. The molecule has 0 heterocycles. The Hall–Kier alpha value is -1.60. The lowest BCUT2D eigenvalue weighted by Gasteiger charge is -2.11. The van der Waals surface area contributed by atoms with Gasteiger partial charge in [0.1, 0.15) is 0 Å². The lowest BCUT2D eigenvalue weighted by Crippen LogP contribution is -1.94. The van der Waals surface area contributed by atoms with E-state index in [0.717, 1.165) is 0 Å². The first-order valence-corrected chi connectivity index (χ1v) is 4.98. The van der Waals surface area contributed by atoms with Crippen LogP contribution in [0.25, 0.3) is 0 Å². The summed E-state index contributed by atoms with van der Waals surface area (Å²) >= 11 is 0. The molecule has 1 heteroatoms. The van der Waals surface area contributed by atoms with Crippen LogP contribution in [0.2, 0.25) is 0 Å². The van der Waals surface area contributed by atoms with Gasteiger partial charge in [0.25, 0.3) is 0 Å². The molecular weight excluding hydrogens is 184 g/mol. The fourth-order valence-electron chi connectivity index (χ4n) is 1.68. The summed E-state index contributed by atoms with van der Waals surface area (Å²) in [7, 11) is 0. The van der Waals surface area contributed by atoms with Gasteiger partial charge in [-0.15, -0.1) is 0 Å². The van der Waals surface area contributed by atoms with E-state index < -0.39 is 0 Å². The molecule has 0 aliphatic rings. The summed E-state index contributed by atoms with van der Waals surface area (Å²) in [5.74, 6) is 0.484. The molecule has 0 aromatic heterocycles. The average molecular weight is 200 g/mol. The van der Waals surface area contributed by atoms with Gasteiger partial charge in [0, 0.05) is 5.92 Å². The van der Waals surface area contributed by atoms with E-state index in [1.807, 2.05) is 0 Å². The maximum atomic E-state index is 2.24. The second-order valence-electron chi connectivity index (χ2n) is 3.54. The van der Waals surface area contributed by atoms with Gasteiger partial charge in [-0.25, -0.2) is 0 Å². The highest BCUT2D eigenvalue weighted by molar-refractivity contribution is 5.31. The summed E-state index contributed by atoms with van der Waals surface area (Å²) < 4.78 is 0. The molecule has 0 spiro atoms. The highest BCUT2D eigenvalue weighted by atomic mass is 16.0. The first-order chi connectivity index (χ1) is 6.88. The molecule has 0 bridgehead atoms. The van der Waals surface area contributed by atoms with Gasteiger partial charge in [0.15, 0.2) is 0 Å². The van der Waals surface area contributed by atoms with Crippen molar-refractivity contribution < 1.29 is 5.48 Å². The fraction of sp³-hybridized carbons (Fsp3) is 0.143. The molecule has 0 aliphatic carbocycles. The largest absolute Gasteiger partial charge is 0.412 e. The standard InChI is InChI=1S/C14H14.H2O/c1-12(13-8-4-2-5-9-13)14-10-6-3-7-11-14;/h2-12H,1H3;1H2. The topological polar surface area (TPSA) is 31.5 Å². The molecule has 0 unspecified atom stereocenters. The Bertz CT molecular complexity index is 341. The molecule has 0 saturated carbocycles. The number of hydrogen-bond acceptors (Lipinski definition) is 0. The van der Waals surface area contributed by atoms with E-state index in [2.05, 4.69) is 67.6 Å². The molecule has 0 saturated heterocycles. The Morgan fingerprint density at radius 2 is 1.00 bits per heavy atom. The van der Waals surface area contributed by atoms with E-state index >= 15 is 0 Å². The Labute approximate surface area is 90.7 Å². The maximum absolute atomic E-state index is 2.24. The third-order valence-corrected chi connectivity index (χ3v) is 2.60. The molecule has 0 radical (unpaired) electrons. The van der Waals surface area contributed by atoms with Gasteiger partial charge >= 0.3 is 0 Å². The molecule has 15 heavy (non-hydrogen) atoms. The fourth-order valence-corrected chi connectivity index (χ4v) is 1.68. The van der Waals surface area contributed by atoms with Gasteiger partial charge in [0.05, 0.1) is 0 Å². The second-order valence-corrected chi connectivity index (χ2v) is 3.54. The third-order valence-electron chi connectivity index (χ3n) is 2.60. The number of hydrogen-bond donors (Lipinski definition) is 0. The Morgan fingerprint density at radius 1 is 0.667 bits per heavy atom. The predicted octanol–water partition coefficient (Wildman–Crippen LogP) is 3.01. The normalized spacial score (nSPS) is 9.73. The van der Waals surface area contributed by atoms with Crippen molar-refractivity contribution in [1.82, 2.24) is 0 Å². The molecule has 0 fully saturated rings. The lowest BCUT2D eigenvalue weighted by atomic mass is 9.93. The van der Waals surface area contributed by atoms with Crippen molar-refractivity contribution in [2.24, 2.45) is 0 Å². The maximum Gasteiger partial charge on any atom is 0.00610 e. The van der Waals surface area contributed by atoms with Crippen LogP contribution >= 0.6 is 0 Å². The van der Waals surface area contributed by atoms with Crippen LogP contribution in [0.3, 0.4) is 0 Å². The zero-order valence-electron chi connectivity index (χ0n) is 8.85. The quantitative estimate of drug-likeness (QED) is 0.713. The Balaban J connectivity index is 0.00000112. The Morgan fingerprint density at radius 3 is 1.33 bits per heavy atom. The first-order valence-electron chi connectivity index (χ1n) is 4.98. The molecule has 0 aliphatic heterocycles. The van der Waals surface area contributed by atoms with Crippen molar-refractivity contribution in [2.75, 3.05) is 0 Å². The zero-order chi connectivity index (χ0) is 9.80. The first kappa shape index (κ1) is 11.5. The van der Waals surface area contributed by atoms with Crippen molar-refractivity contribution in [1.29, 1.82) is 0 Å². The Kier molecular flexibility index (Phi) is 4.07. The minimum atomic E-state index is 0. The van der Waals surface area contributed by atoms with E-state index in [0.29, 0.717) is 5.92 Å². The van der Waals surface area contributed by atoms with Gasteiger partial charge < -0.3 is 5.48 Å². The molecule has 2 N–H and O–H groups in total. The summed E-state index contributed by atoms with van der Waals surface area (Å²) in [6.45, 7) is 2.24. The summed E-state index contributed by atoms with van der Waals surface area (Å²) in [6.07, 6.45) is 0. The minimum Gasteiger partial charge on any atom is -0.412 e. The summed E-state index contributed by atoms with van der Waals surface area (Å²) in [5.41, 5.74) is 2.75. The van der Waals surface area contributed by atoms with Gasteiger partial charge in [-0.3, -0.25) is 0 Å². The van der Waals surface area contributed by atoms with E-state index in [9.17, 15) is 0 Å². The van der Waals surface area contributed by atoms with Crippen LogP contribution in [0.4, 0.5) is 0 Å². The lowest BCUT2D eigenvalue weighted by molar-refractivity contribution is 0.824. The summed E-state index contributed by atoms with van der Waals surface area (Å²) in [5, 5.41) is 0. The van der Waals surface area contributed by atoms with Crippen LogP contribution in [0, 0.1) is 0 Å². The minimum absolute atomic E-state index is 0. The molecule has 0 atom stereocenters. The molecule has 0 amide bonds. The van der Waals surface area contributed by atoms with Crippen molar-refractivity contribution in [3.8, 4) is 0 Å². The highest BCUT2D eigenvalue weighted by Gasteiger charge is 2.05. The molecule has 78 valence electrons. The molecular formula is C14H16O. The predicted molar refractivity (Wildman–Crippen MR) is 64.0 cm³/mol. The van der Waals surface area contributed by atoms with Gasteiger partial charge in [-0.1, -0.05) is 67.6 Å². The highest BCUT2D eigenvalue weighted by Crippen LogP contribution is 2.22. The van der Waals surface area contributed by atoms with Crippen LogP contribution in [0.1, 0.15) is 24.0 Å². The van der Waals surface area contributed by atoms with Gasteiger partial charge in [0.2, 0.25) is 0 Å². The van der Waals surface area contributed by atoms with E-state index in [1.165, 1.54) is 11.1 Å². The van der Waals surface area contributed by atoms with Gasteiger partial charge in [-0.05, 0) is 11.1 Å². The SMILES string of the molecule is CC(c1ccccc1)c1ccccc1.O. The zero-order valence-corrected chi connectivity index (χ0v) is 8.85. The van der Waals surface area contributed by atoms with Crippen molar-refractivity contribution in [3.63, 3.8) is 0 Å². The van der Waals surface area contributed by atoms with E-state index in [4.69, 9.17) is 0 Å². The van der Waals surface area contributed by atoms with Crippen molar-refractivity contribution in [2.45, 2.75) is 12.8 Å². The van der Waals surface area contributed by atoms with Crippen LogP contribution in [0.15, 0.2) is 60.7 Å². The summed E-state index contributed by atoms with van der Waals surface area (Å²) in [4.78, 5) is 0. The number of benzene rings is 2. The molecule has 2 aromatic carbocycles.